The smallest absolute Gasteiger partial charge is 0.262 e. The highest BCUT2D eigenvalue weighted by Gasteiger charge is 2.24. The van der Waals surface area contributed by atoms with Crippen molar-refractivity contribution < 1.29 is 4.74 Å². The van der Waals surface area contributed by atoms with Crippen LogP contribution in [0.15, 0.2) is 35.4 Å². The molecule has 1 aliphatic carbocycles. The number of rotatable bonds is 7. The Labute approximate surface area is 173 Å². The number of aryl methyl sites for hydroxylation is 3. The summed E-state index contributed by atoms with van der Waals surface area (Å²) in [5.41, 5.74) is 2.32. The fraction of sp³-hybridized carbons (Fsp3) is 0.429. The van der Waals surface area contributed by atoms with Gasteiger partial charge in [0.2, 0.25) is 0 Å². The third-order valence-corrected chi connectivity index (χ3v) is 6.89. The van der Waals surface area contributed by atoms with E-state index in [9.17, 15) is 4.79 Å². The predicted octanol–water partition coefficient (Wildman–Crippen LogP) is 3.45. The van der Waals surface area contributed by atoms with Gasteiger partial charge in [-0.2, -0.15) is 0 Å². The third-order valence-electron chi connectivity index (χ3n) is 5.35. The molecule has 28 heavy (non-hydrogen) atoms. The average Bonchev–Trinajstić information content (AvgIpc) is 3.07. The Morgan fingerprint density at radius 2 is 2.25 bits per heavy atom. The van der Waals surface area contributed by atoms with Gasteiger partial charge in [-0.25, -0.2) is 4.98 Å². The van der Waals surface area contributed by atoms with Crippen molar-refractivity contribution in [3.8, 4) is 0 Å². The second-order valence-electron chi connectivity index (χ2n) is 7.16. The van der Waals surface area contributed by atoms with Crippen LogP contribution in [0.25, 0.3) is 10.2 Å². The average molecular weight is 418 g/mol. The normalized spacial score (nSPS) is 16.4. The van der Waals surface area contributed by atoms with Crippen molar-refractivity contribution in [2.75, 3.05) is 20.3 Å². The maximum absolute atomic E-state index is 13.1. The van der Waals surface area contributed by atoms with E-state index >= 15 is 0 Å². The van der Waals surface area contributed by atoms with E-state index < -0.39 is 0 Å². The lowest BCUT2D eigenvalue weighted by molar-refractivity contribution is 0.194. The summed E-state index contributed by atoms with van der Waals surface area (Å²) in [5, 5.41) is 5.10. The number of ether oxygens (including phenoxy) is 1. The van der Waals surface area contributed by atoms with Crippen LogP contribution in [0, 0.1) is 0 Å². The van der Waals surface area contributed by atoms with Crippen molar-refractivity contribution in [1.82, 2.24) is 14.9 Å². The molecule has 0 aliphatic heterocycles. The number of thiophene rings is 1. The minimum Gasteiger partial charge on any atom is -0.383 e. The second-order valence-corrected chi connectivity index (χ2v) is 8.65. The maximum Gasteiger partial charge on any atom is 0.262 e. The quantitative estimate of drug-likeness (QED) is 0.598. The molecule has 1 aliphatic rings. The molecule has 4 rings (SSSR count). The first-order valence-electron chi connectivity index (χ1n) is 9.62. The van der Waals surface area contributed by atoms with Crippen LogP contribution in [0.1, 0.15) is 22.4 Å². The molecule has 0 saturated carbocycles. The lowest BCUT2D eigenvalue weighted by Crippen LogP contribution is -2.36. The van der Waals surface area contributed by atoms with Gasteiger partial charge >= 0.3 is 0 Å². The standard InChI is InChI=1S/C21H24ClN3O2S/c1-27-11-9-23-15-6-7-16-18(12-15)28-20-19(16)21(26)25(13-24-20)10-8-14-4-2-3-5-17(14)22/h2-5,13,15,23H,6-12H2,1H3. The number of nitrogens with one attached hydrogen (secondary N) is 1. The molecule has 7 heteroatoms. The molecular weight excluding hydrogens is 394 g/mol. The number of hydrogen-bond donors (Lipinski definition) is 1. The van der Waals surface area contributed by atoms with Gasteiger partial charge < -0.3 is 10.1 Å². The molecule has 148 valence electrons. The van der Waals surface area contributed by atoms with Crippen molar-refractivity contribution in [1.29, 1.82) is 0 Å². The molecule has 3 aromatic rings. The van der Waals surface area contributed by atoms with Gasteiger partial charge in [0.05, 0.1) is 18.3 Å². The zero-order chi connectivity index (χ0) is 19.5. The highest BCUT2D eigenvalue weighted by atomic mass is 35.5. The summed E-state index contributed by atoms with van der Waals surface area (Å²) in [4.78, 5) is 19.9. The van der Waals surface area contributed by atoms with Crippen molar-refractivity contribution in [3.05, 3.63) is 62.0 Å². The van der Waals surface area contributed by atoms with E-state index in [-0.39, 0.29) is 5.56 Å². The Kier molecular flexibility index (Phi) is 6.11. The summed E-state index contributed by atoms with van der Waals surface area (Å²) >= 11 is 7.91. The highest BCUT2D eigenvalue weighted by molar-refractivity contribution is 7.18. The molecule has 0 bridgehead atoms. The number of nitrogens with zero attached hydrogens (tertiary/aromatic N) is 2. The largest absolute Gasteiger partial charge is 0.383 e. The number of fused-ring (bicyclic) bond motifs is 3. The Morgan fingerprint density at radius 1 is 1.39 bits per heavy atom. The summed E-state index contributed by atoms with van der Waals surface area (Å²) < 4.78 is 6.84. The molecule has 5 nitrogen and oxygen atoms in total. The molecule has 1 aromatic carbocycles. The second kappa shape index (κ2) is 8.74. The lowest BCUT2D eigenvalue weighted by atomic mass is 9.93. The molecule has 0 fully saturated rings. The van der Waals surface area contributed by atoms with E-state index in [4.69, 9.17) is 16.3 Å². The monoisotopic (exact) mass is 417 g/mol. The summed E-state index contributed by atoms with van der Waals surface area (Å²) in [6.45, 7) is 2.15. The van der Waals surface area contributed by atoms with Crippen molar-refractivity contribution in [2.45, 2.75) is 38.3 Å². The Bertz CT molecular complexity index is 1030. The molecule has 0 spiro atoms. The van der Waals surface area contributed by atoms with Crippen LogP contribution in [0.3, 0.4) is 0 Å². The molecule has 1 atom stereocenters. The van der Waals surface area contributed by atoms with Crippen LogP contribution in [-0.4, -0.2) is 35.9 Å². The number of halogens is 1. The summed E-state index contributed by atoms with van der Waals surface area (Å²) in [7, 11) is 1.72. The van der Waals surface area contributed by atoms with Crippen LogP contribution in [0.4, 0.5) is 0 Å². The maximum atomic E-state index is 13.1. The van der Waals surface area contributed by atoms with Crippen LogP contribution in [-0.2, 0) is 30.5 Å². The topological polar surface area (TPSA) is 56.1 Å². The SMILES string of the molecule is COCCNC1CCc2c(sc3ncn(CCc4ccccc4Cl)c(=O)c23)C1. The van der Waals surface area contributed by atoms with Gasteiger partial charge in [-0.05, 0) is 42.9 Å². The molecule has 1 unspecified atom stereocenters. The highest BCUT2D eigenvalue weighted by Crippen LogP contribution is 2.33. The Balaban J connectivity index is 1.55. The third kappa shape index (κ3) is 4.01. The van der Waals surface area contributed by atoms with E-state index in [1.165, 1.54) is 10.4 Å². The number of benzene rings is 1. The van der Waals surface area contributed by atoms with Crippen molar-refractivity contribution >= 4 is 33.2 Å². The summed E-state index contributed by atoms with van der Waals surface area (Å²) in [6.07, 6.45) is 5.31. The van der Waals surface area contributed by atoms with Crippen LogP contribution in [0.2, 0.25) is 5.02 Å². The molecule has 2 heterocycles. The number of hydrogen-bond acceptors (Lipinski definition) is 5. The van der Waals surface area contributed by atoms with E-state index in [2.05, 4.69) is 10.3 Å². The van der Waals surface area contributed by atoms with Crippen molar-refractivity contribution in [2.24, 2.45) is 0 Å². The van der Waals surface area contributed by atoms with Gasteiger partial charge in [0, 0.05) is 36.1 Å². The predicted molar refractivity (Wildman–Crippen MR) is 115 cm³/mol. The first-order valence-corrected chi connectivity index (χ1v) is 10.8. The van der Waals surface area contributed by atoms with Crippen molar-refractivity contribution in [3.63, 3.8) is 0 Å². The molecule has 0 radical (unpaired) electrons. The molecular formula is C21H24ClN3O2S. The zero-order valence-electron chi connectivity index (χ0n) is 15.9. The van der Waals surface area contributed by atoms with E-state index in [1.54, 1.807) is 29.3 Å². The fourth-order valence-corrected chi connectivity index (χ4v) is 5.33. The molecule has 1 N–H and O–H groups in total. The molecule has 0 saturated heterocycles. The molecule has 0 amide bonds. The van der Waals surface area contributed by atoms with Crippen LogP contribution >= 0.6 is 22.9 Å². The zero-order valence-corrected chi connectivity index (χ0v) is 17.5. The van der Waals surface area contributed by atoms with E-state index in [1.807, 2.05) is 24.3 Å². The fourth-order valence-electron chi connectivity index (χ4n) is 3.84. The lowest BCUT2D eigenvalue weighted by Gasteiger charge is -2.23. The summed E-state index contributed by atoms with van der Waals surface area (Å²) in [6, 6.07) is 8.21. The van der Waals surface area contributed by atoms with Gasteiger partial charge in [0.15, 0.2) is 0 Å². The first kappa shape index (κ1) is 19.6. The van der Waals surface area contributed by atoms with Crippen LogP contribution in [0.5, 0.6) is 0 Å². The van der Waals surface area contributed by atoms with Gasteiger partial charge in [0.1, 0.15) is 4.83 Å². The Hall–Kier alpha value is -1.73. The first-order chi connectivity index (χ1) is 13.7. The van der Waals surface area contributed by atoms with Gasteiger partial charge in [-0.1, -0.05) is 29.8 Å². The van der Waals surface area contributed by atoms with E-state index in [0.29, 0.717) is 25.6 Å². The summed E-state index contributed by atoms with van der Waals surface area (Å²) in [5.74, 6) is 0. The van der Waals surface area contributed by atoms with E-state index in [0.717, 1.165) is 46.6 Å². The molecule has 2 aromatic heterocycles. The van der Waals surface area contributed by atoms with Gasteiger partial charge in [-0.15, -0.1) is 11.3 Å². The number of methoxy groups -OCH3 is 1. The van der Waals surface area contributed by atoms with Gasteiger partial charge in [-0.3, -0.25) is 9.36 Å². The number of aromatic nitrogens is 2. The van der Waals surface area contributed by atoms with Crippen LogP contribution < -0.4 is 10.9 Å². The van der Waals surface area contributed by atoms with Gasteiger partial charge in [0.25, 0.3) is 5.56 Å². The minimum atomic E-state index is 0.0698. The Morgan fingerprint density at radius 3 is 3.07 bits per heavy atom. The minimum absolute atomic E-state index is 0.0698.